The zero-order valence-electron chi connectivity index (χ0n) is 6.37. The summed E-state index contributed by atoms with van der Waals surface area (Å²) < 4.78 is 0. The molecule has 1 unspecified atom stereocenters. The van der Waals surface area contributed by atoms with Gasteiger partial charge in [0, 0.05) is 12.6 Å². The molecule has 0 aromatic rings. The monoisotopic (exact) mass is 153 g/mol. The lowest BCUT2D eigenvalue weighted by Gasteiger charge is -2.10. The van der Waals surface area contributed by atoms with Crippen LogP contribution in [0.15, 0.2) is 23.9 Å². The van der Waals surface area contributed by atoms with Gasteiger partial charge in [-0.25, -0.2) is 0 Å². The lowest BCUT2D eigenvalue weighted by Crippen LogP contribution is -2.20. The van der Waals surface area contributed by atoms with Crippen molar-refractivity contribution in [3.05, 3.63) is 23.9 Å². The molecule has 1 aliphatic carbocycles. The van der Waals surface area contributed by atoms with E-state index in [0.717, 1.165) is 5.70 Å². The highest BCUT2D eigenvalue weighted by Gasteiger charge is 2.04. The first-order chi connectivity index (χ1) is 5.18. The number of hydrogen-bond donors (Lipinski definition) is 2. The van der Waals surface area contributed by atoms with Crippen LogP contribution in [0.5, 0.6) is 0 Å². The van der Waals surface area contributed by atoms with Crippen LogP contribution in [0.3, 0.4) is 0 Å². The minimum Gasteiger partial charge on any atom is -0.389 e. The molecule has 0 spiro atoms. The van der Waals surface area contributed by atoms with Crippen LogP contribution in [0.25, 0.3) is 0 Å². The molecule has 0 radical (unpaired) electrons. The number of allylic oxidation sites excluding steroid dienone is 1. The van der Waals surface area contributed by atoms with Gasteiger partial charge in [-0.3, -0.25) is 4.79 Å². The zero-order valence-corrected chi connectivity index (χ0v) is 6.37. The molecule has 1 aliphatic rings. The Bertz CT molecular complexity index is 218. The van der Waals surface area contributed by atoms with E-state index in [4.69, 9.17) is 5.11 Å². The number of aliphatic hydroxyl groups excluding tert-OH is 1. The molecule has 0 aromatic carbocycles. The normalized spacial score (nSPS) is 22.7. The number of rotatable bonds is 1. The summed E-state index contributed by atoms with van der Waals surface area (Å²) >= 11 is 0. The molecule has 0 saturated heterocycles. The van der Waals surface area contributed by atoms with Crippen LogP contribution < -0.4 is 5.32 Å². The van der Waals surface area contributed by atoms with Crippen LogP contribution in [-0.2, 0) is 4.79 Å². The first-order valence-electron chi connectivity index (χ1n) is 3.52. The topological polar surface area (TPSA) is 49.3 Å². The average molecular weight is 153 g/mol. The van der Waals surface area contributed by atoms with Gasteiger partial charge in [0.15, 0.2) is 0 Å². The van der Waals surface area contributed by atoms with Crippen LogP contribution in [0.2, 0.25) is 0 Å². The van der Waals surface area contributed by atoms with Crippen molar-refractivity contribution < 1.29 is 9.90 Å². The molecule has 11 heavy (non-hydrogen) atoms. The van der Waals surface area contributed by atoms with Gasteiger partial charge in [-0.2, -0.15) is 0 Å². The van der Waals surface area contributed by atoms with E-state index in [1.807, 2.05) is 0 Å². The maximum atomic E-state index is 10.5. The molecular formula is C8H11NO2. The largest absolute Gasteiger partial charge is 0.389 e. The number of hydrogen-bond acceptors (Lipinski definition) is 2. The molecule has 1 amide bonds. The average Bonchev–Trinajstić information content (AvgIpc) is 1.93. The summed E-state index contributed by atoms with van der Waals surface area (Å²) in [4.78, 5) is 10.5. The highest BCUT2D eigenvalue weighted by Crippen LogP contribution is 2.07. The van der Waals surface area contributed by atoms with Crippen molar-refractivity contribution in [1.29, 1.82) is 0 Å². The van der Waals surface area contributed by atoms with Gasteiger partial charge >= 0.3 is 0 Å². The Balaban J connectivity index is 2.50. The van der Waals surface area contributed by atoms with E-state index >= 15 is 0 Å². The maximum Gasteiger partial charge on any atom is 0.221 e. The van der Waals surface area contributed by atoms with Crippen molar-refractivity contribution in [1.82, 2.24) is 5.32 Å². The third kappa shape index (κ3) is 2.55. The highest BCUT2D eigenvalue weighted by atomic mass is 16.3. The van der Waals surface area contributed by atoms with Gasteiger partial charge < -0.3 is 10.4 Å². The van der Waals surface area contributed by atoms with Crippen LogP contribution in [0.1, 0.15) is 13.3 Å². The second kappa shape index (κ2) is 3.34. The second-order valence-electron chi connectivity index (χ2n) is 2.50. The Morgan fingerprint density at radius 2 is 2.55 bits per heavy atom. The number of amides is 1. The van der Waals surface area contributed by atoms with Gasteiger partial charge in [-0.1, -0.05) is 12.2 Å². The fourth-order valence-corrected chi connectivity index (χ4v) is 0.905. The van der Waals surface area contributed by atoms with Gasteiger partial charge in [0.05, 0.1) is 6.10 Å². The van der Waals surface area contributed by atoms with E-state index in [2.05, 4.69) is 5.32 Å². The maximum absolute atomic E-state index is 10.5. The molecule has 0 fully saturated rings. The molecule has 0 heterocycles. The molecule has 0 saturated carbocycles. The Labute approximate surface area is 65.4 Å². The van der Waals surface area contributed by atoms with Gasteiger partial charge in [0.2, 0.25) is 5.91 Å². The van der Waals surface area contributed by atoms with Crippen molar-refractivity contribution in [2.45, 2.75) is 19.4 Å². The van der Waals surface area contributed by atoms with Crippen molar-refractivity contribution in [3.8, 4) is 0 Å². The fraction of sp³-hybridized carbons (Fsp3) is 0.375. The molecule has 1 atom stereocenters. The second-order valence-corrected chi connectivity index (χ2v) is 2.50. The van der Waals surface area contributed by atoms with E-state index in [1.165, 1.54) is 6.92 Å². The predicted molar refractivity (Wildman–Crippen MR) is 41.7 cm³/mol. The van der Waals surface area contributed by atoms with E-state index in [1.54, 1.807) is 18.2 Å². The summed E-state index contributed by atoms with van der Waals surface area (Å²) in [6.07, 6.45) is 5.34. The van der Waals surface area contributed by atoms with Crippen molar-refractivity contribution >= 4 is 5.91 Å². The summed E-state index contributed by atoms with van der Waals surface area (Å²) in [5, 5.41) is 11.6. The Hall–Kier alpha value is -1.09. The van der Waals surface area contributed by atoms with Crippen molar-refractivity contribution in [2.75, 3.05) is 0 Å². The summed E-state index contributed by atoms with van der Waals surface area (Å²) in [6.45, 7) is 1.46. The quantitative estimate of drug-likeness (QED) is 0.570. The van der Waals surface area contributed by atoms with Crippen molar-refractivity contribution in [2.24, 2.45) is 0 Å². The summed E-state index contributed by atoms with van der Waals surface area (Å²) in [7, 11) is 0. The van der Waals surface area contributed by atoms with Gasteiger partial charge in [-0.05, 0) is 12.5 Å². The molecule has 0 aliphatic heterocycles. The zero-order chi connectivity index (χ0) is 8.27. The molecule has 0 bridgehead atoms. The van der Waals surface area contributed by atoms with Crippen LogP contribution in [-0.4, -0.2) is 17.1 Å². The van der Waals surface area contributed by atoms with Gasteiger partial charge in [0.1, 0.15) is 0 Å². The van der Waals surface area contributed by atoms with E-state index in [9.17, 15) is 4.79 Å². The third-order valence-electron chi connectivity index (χ3n) is 1.40. The molecule has 0 aromatic heterocycles. The van der Waals surface area contributed by atoms with Crippen molar-refractivity contribution in [3.63, 3.8) is 0 Å². The van der Waals surface area contributed by atoms with Gasteiger partial charge in [0.25, 0.3) is 0 Å². The number of nitrogens with one attached hydrogen (secondary N) is 1. The third-order valence-corrected chi connectivity index (χ3v) is 1.40. The Kier molecular flexibility index (Phi) is 2.44. The molecule has 60 valence electrons. The summed E-state index contributed by atoms with van der Waals surface area (Å²) in [5.41, 5.74) is 0.766. The molecular weight excluding hydrogens is 142 g/mol. The smallest absolute Gasteiger partial charge is 0.221 e. The summed E-state index contributed by atoms with van der Waals surface area (Å²) in [6, 6.07) is 0. The predicted octanol–water partition coefficient (Wildman–Crippen LogP) is 0.327. The Morgan fingerprint density at radius 3 is 3.00 bits per heavy atom. The first-order valence-corrected chi connectivity index (χ1v) is 3.52. The van der Waals surface area contributed by atoms with Crippen LogP contribution in [0, 0.1) is 0 Å². The van der Waals surface area contributed by atoms with E-state index < -0.39 is 6.10 Å². The number of aliphatic hydroxyl groups is 1. The lowest BCUT2D eigenvalue weighted by atomic mass is 10.1. The Morgan fingerprint density at radius 1 is 1.82 bits per heavy atom. The molecule has 2 N–H and O–H groups in total. The fourth-order valence-electron chi connectivity index (χ4n) is 0.905. The van der Waals surface area contributed by atoms with Crippen LogP contribution in [0.4, 0.5) is 0 Å². The number of carbonyl (C=O) groups excluding carboxylic acids is 1. The molecule has 3 nitrogen and oxygen atoms in total. The standard InChI is InChI=1S/C8H11NO2/c1-6(10)9-7-2-4-8(11)5-3-7/h2-4,8,11H,5H2,1H3,(H,9,10). The lowest BCUT2D eigenvalue weighted by molar-refractivity contribution is -0.118. The summed E-state index contributed by atoms with van der Waals surface area (Å²) in [5.74, 6) is -0.0858. The minimum atomic E-state index is -0.396. The molecule has 1 rings (SSSR count). The van der Waals surface area contributed by atoms with E-state index in [-0.39, 0.29) is 5.91 Å². The first kappa shape index (κ1) is 8.01. The minimum absolute atomic E-state index is 0.0858. The highest BCUT2D eigenvalue weighted by molar-refractivity contribution is 5.75. The van der Waals surface area contributed by atoms with E-state index in [0.29, 0.717) is 6.42 Å². The molecule has 3 heteroatoms. The number of carbonyl (C=O) groups is 1. The SMILES string of the molecule is CC(=O)NC1=CCC(O)C=C1. The van der Waals surface area contributed by atoms with Gasteiger partial charge in [-0.15, -0.1) is 0 Å². The van der Waals surface area contributed by atoms with Crippen LogP contribution >= 0.6 is 0 Å².